The molecule has 0 unspecified atom stereocenters. The molecule has 0 aromatic heterocycles. The fraction of sp³-hybridized carbons (Fsp3) is 0.556. The topological polar surface area (TPSA) is 61.9 Å². The van der Waals surface area contributed by atoms with Crippen molar-refractivity contribution in [3.05, 3.63) is 28.8 Å². The van der Waals surface area contributed by atoms with Gasteiger partial charge in [-0.05, 0) is 25.2 Å². The van der Waals surface area contributed by atoms with E-state index >= 15 is 0 Å². The molecule has 1 aromatic carbocycles. The summed E-state index contributed by atoms with van der Waals surface area (Å²) in [7, 11) is 2.08. The molecule has 2 bridgehead atoms. The van der Waals surface area contributed by atoms with E-state index in [0.29, 0.717) is 54.9 Å². The zero-order valence-electron chi connectivity index (χ0n) is 14.6. The Morgan fingerprint density at radius 1 is 1.28 bits per heavy atom. The van der Waals surface area contributed by atoms with Gasteiger partial charge in [0.15, 0.2) is 0 Å². The van der Waals surface area contributed by atoms with E-state index in [4.69, 9.17) is 16.3 Å². The number of nitrogens with one attached hydrogen (secondary N) is 1. The van der Waals surface area contributed by atoms with Crippen molar-refractivity contribution in [1.82, 2.24) is 9.80 Å². The lowest BCUT2D eigenvalue weighted by Gasteiger charge is -2.30. The second kappa shape index (κ2) is 7.72. The Balaban J connectivity index is 1.86. The Bertz CT molecular complexity index is 667. The van der Waals surface area contributed by atoms with Crippen LogP contribution < -0.4 is 5.32 Å². The molecule has 2 amide bonds. The first-order valence-corrected chi connectivity index (χ1v) is 9.02. The van der Waals surface area contributed by atoms with Gasteiger partial charge in [0, 0.05) is 37.0 Å². The van der Waals surface area contributed by atoms with Gasteiger partial charge >= 0.3 is 0 Å². The number of anilines is 1. The molecule has 2 saturated heterocycles. The largest absolute Gasteiger partial charge is 0.379 e. The molecular formula is C18H24ClN3O3. The lowest BCUT2D eigenvalue weighted by molar-refractivity contribution is -0.115. The summed E-state index contributed by atoms with van der Waals surface area (Å²) in [6, 6.07) is 5.20. The van der Waals surface area contributed by atoms with Gasteiger partial charge in [-0.1, -0.05) is 18.5 Å². The first-order chi connectivity index (χ1) is 12.0. The van der Waals surface area contributed by atoms with Crippen molar-refractivity contribution in [3.63, 3.8) is 0 Å². The minimum absolute atomic E-state index is 0.0738. The molecule has 2 aliphatic rings. The van der Waals surface area contributed by atoms with Crippen LogP contribution in [0.15, 0.2) is 18.2 Å². The fourth-order valence-corrected chi connectivity index (χ4v) is 3.60. The van der Waals surface area contributed by atoms with Gasteiger partial charge in [0.2, 0.25) is 5.91 Å². The van der Waals surface area contributed by atoms with Crippen molar-refractivity contribution in [2.24, 2.45) is 5.92 Å². The number of likely N-dealkylation sites (N-methyl/N-ethyl adjacent to an activating group) is 1. The molecule has 3 rings (SSSR count). The number of carbonyl (C=O) groups excluding carboxylic acids is 2. The number of nitrogens with zero attached hydrogens (tertiary/aromatic N) is 2. The predicted octanol–water partition coefficient (Wildman–Crippen LogP) is 2.09. The van der Waals surface area contributed by atoms with Crippen LogP contribution in [0.4, 0.5) is 5.69 Å². The van der Waals surface area contributed by atoms with Gasteiger partial charge in [0.1, 0.15) is 0 Å². The number of hydrogen-bond acceptors (Lipinski definition) is 4. The highest BCUT2D eigenvalue weighted by molar-refractivity contribution is 6.31. The SMILES string of the molecule is CCC(=O)Nc1cc(Cl)ccc1C(=O)N1C[C@@H]2COC[C@H](C1)N(C)C2. The van der Waals surface area contributed by atoms with Crippen LogP contribution in [0.25, 0.3) is 0 Å². The van der Waals surface area contributed by atoms with E-state index in [-0.39, 0.29) is 17.9 Å². The highest BCUT2D eigenvalue weighted by Crippen LogP contribution is 2.25. The summed E-state index contributed by atoms with van der Waals surface area (Å²) < 4.78 is 5.72. The fourth-order valence-electron chi connectivity index (χ4n) is 3.43. The Morgan fingerprint density at radius 3 is 2.84 bits per heavy atom. The smallest absolute Gasteiger partial charge is 0.256 e. The van der Waals surface area contributed by atoms with E-state index in [0.717, 1.165) is 6.54 Å². The molecule has 2 heterocycles. The van der Waals surface area contributed by atoms with E-state index in [1.54, 1.807) is 25.1 Å². The van der Waals surface area contributed by atoms with E-state index in [1.165, 1.54) is 0 Å². The average Bonchev–Trinajstić information content (AvgIpc) is 2.82. The second-order valence-corrected chi connectivity index (χ2v) is 7.24. The van der Waals surface area contributed by atoms with Gasteiger partial charge in [-0.15, -0.1) is 0 Å². The number of benzene rings is 1. The molecule has 0 radical (unpaired) electrons. The van der Waals surface area contributed by atoms with Crippen molar-refractivity contribution in [2.75, 3.05) is 45.2 Å². The van der Waals surface area contributed by atoms with Crippen LogP contribution in [0.1, 0.15) is 23.7 Å². The molecule has 7 heteroatoms. The Hall–Kier alpha value is -1.63. The van der Waals surface area contributed by atoms with Gasteiger partial charge in [0.05, 0.1) is 30.5 Å². The number of amides is 2. The summed E-state index contributed by atoms with van der Waals surface area (Å²) in [6.07, 6.45) is 0.343. The standard InChI is InChI=1S/C18H24ClN3O3/c1-3-17(23)20-16-6-13(19)4-5-15(16)18(24)22-8-12-7-21(2)14(9-22)11-25-10-12/h4-6,12,14H,3,7-11H2,1-2H3,(H,20,23)/t12-,14+/m1/s1. The minimum atomic E-state index is -0.141. The maximum atomic E-state index is 13.2. The highest BCUT2D eigenvalue weighted by atomic mass is 35.5. The molecule has 1 N–H and O–H groups in total. The van der Waals surface area contributed by atoms with Gasteiger partial charge in [-0.25, -0.2) is 0 Å². The van der Waals surface area contributed by atoms with Crippen molar-refractivity contribution >= 4 is 29.1 Å². The number of carbonyl (C=O) groups is 2. The molecule has 0 aliphatic carbocycles. The number of rotatable bonds is 3. The lowest BCUT2D eigenvalue weighted by atomic mass is 10.1. The second-order valence-electron chi connectivity index (χ2n) is 6.80. The molecule has 0 saturated carbocycles. The maximum Gasteiger partial charge on any atom is 0.256 e. The lowest BCUT2D eigenvalue weighted by Crippen LogP contribution is -2.44. The molecule has 2 atom stereocenters. The van der Waals surface area contributed by atoms with Gasteiger partial charge < -0.3 is 15.0 Å². The molecule has 136 valence electrons. The molecule has 1 aromatic rings. The van der Waals surface area contributed by atoms with Crippen molar-refractivity contribution in [1.29, 1.82) is 0 Å². The van der Waals surface area contributed by atoms with Crippen molar-refractivity contribution in [3.8, 4) is 0 Å². The number of fused-ring (bicyclic) bond motifs is 3. The molecule has 25 heavy (non-hydrogen) atoms. The third-order valence-electron chi connectivity index (χ3n) is 4.84. The summed E-state index contributed by atoms with van der Waals surface area (Å²) in [6.45, 7) is 5.28. The summed E-state index contributed by atoms with van der Waals surface area (Å²) in [5, 5.41) is 3.28. The quantitative estimate of drug-likeness (QED) is 0.891. The van der Waals surface area contributed by atoms with Gasteiger partial charge in [-0.2, -0.15) is 0 Å². The summed E-state index contributed by atoms with van der Waals surface area (Å²) >= 11 is 6.06. The molecule has 0 spiro atoms. The van der Waals surface area contributed by atoms with E-state index in [1.807, 2.05) is 4.90 Å². The zero-order valence-corrected chi connectivity index (χ0v) is 15.4. The van der Waals surface area contributed by atoms with E-state index < -0.39 is 0 Å². The molecule has 2 aliphatic heterocycles. The normalized spacial score (nSPS) is 23.9. The maximum absolute atomic E-state index is 13.2. The first-order valence-electron chi connectivity index (χ1n) is 8.64. The zero-order chi connectivity index (χ0) is 18.0. The van der Waals surface area contributed by atoms with Crippen LogP contribution in [0.2, 0.25) is 5.02 Å². The van der Waals surface area contributed by atoms with Crippen LogP contribution in [-0.4, -0.2) is 67.6 Å². The van der Waals surface area contributed by atoms with Crippen molar-refractivity contribution in [2.45, 2.75) is 19.4 Å². The first kappa shape index (κ1) is 18.2. The molecule has 6 nitrogen and oxygen atoms in total. The van der Waals surface area contributed by atoms with E-state index in [9.17, 15) is 9.59 Å². The number of halogens is 1. The van der Waals surface area contributed by atoms with E-state index in [2.05, 4.69) is 17.3 Å². The molecular weight excluding hydrogens is 342 g/mol. The van der Waals surface area contributed by atoms with Crippen LogP contribution in [-0.2, 0) is 9.53 Å². The Kier molecular flexibility index (Phi) is 5.61. The summed E-state index contributed by atoms with van der Waals surface area (Å²) in [5.74, 6) is 0.0786. The van der Waals surface area contributed by atoms with Crippen LogP contribution in [0.5, 0.6) is 0 Å². The molecule has 2 fully saturated rings. The Morgan fingerprint density at radius 2 is 2.08 bits per heavy atom. The minimum Gasteiger partial charge on any atom is -0.379 e. The highest BCUT2D eigenvalue weighted by Gasteiger charge is 2.34. The third kappa shape index (κ3) is 4.14. The predicted molar refractivity (Wildman–Crippen MR) is 97.0 cm³/mol. The van der Waals surface area contributed by atoms with Crippen LogP contribution in [0.3, 0.4) is 0 Å². The monoisotopic (exact) mass is 365 g/mol. The van der Waals surface area contributed by atoms with Gasteiger partial charge in [0.25, 0.3) is 5.91 Å². The average molecular weight is 366 g/mol. The third-order valence-corrected chi connectivity index (χ3v) is 5.07. The van der Waals surface area contributed by atoms with Crippen molar-refractivity contribution < 1.29 is 14.3 Å². The Labute approximate surface area is 153 Å². The van der Waals surface area contributed by atoms with Crippen LogP contribution >= 0.6 is 11.6 Å². The number of ether oxygens (including phenoxy) is 1. The summed E-state index contributed by atoms with van der Waals surface area (Å²) in [5.41, 5.74) is 0.957. The number of hydrogen-bond donors (Lipinski definition) is 1. The summed E-state index contributed by atoms with van der Waals surface area (Å²) in [4.78, 5) is 29.1. The van der Waals surface area contributed by atoms with Crippen LogP contribution in [0, 0.1) is 5.92 Å². The van der Waals surface area contributed by atoms with Gasteiger partial charge in [-0.3, -0.25) is 14.5 Å².